The van der Waals surface area contributed by atoms with E-state index >= 15 is 0 Å². The summed E-state index contributed by atoms with van der Waals surface area (Å²) in [7, 11) is 1.08. The van der Waals surface area contributed by atoms with Crippen molar-refractivity contribution < 1.29 is 45.9 Å². The van der Waals surface area contributed by atoms with Gasteiger partial charge in [0.25, 0.3) is 0 Å². The van der Waals surface area contributed by atoms with E-state index in [0.29, 0.717) is 24.1 Å². The second-order valence-corrected chi connectivity index (χ2v) is 9.84. The third-order valence-electron chi connectivity index (χ3n) is 5.53. The van der Waals surface area contributed by atoms with Crippen molar-refractivity contribution in [2.75, 3.05) is 47.1 Å². The van der Waals surface area contributed by atoms with Gasteiger partial charge in [-0.25, -0.2) is 19.1 Å². The summed E-state index contributed by atoms with van der Waals surface area (Å²) in [6.07, 6.45) is -3.63. The maximum Gasteiger partial charge on any atom is 0.508 e. The molecule has 0 radical (unpaired) electrons. The molecule has 0 saturated carbocycles. The SMILES string of the molecule is COCCCOC(=O)OCCN(C)C(=O)n1c([S@@](=O)Cc2nccc(OCC(F)(F)F)c2C)nc2ccccc21. The van der Waals surface area contributed by atoms with Gasteiger partial charge in [-0.05, 0) is 25.1 Å². The summed E-state index contributed by atoms with van der Waals surface area (Å²) in [5.74, 6) is -0.270. The minimum Gasteiger partial charge on any atom is -0.484 e. The van der Waals surface area contributed by atoms with Gasteiger partial charge in [0.2, 0.25) is 5.16 Å². The molecule has 2 aromatic heterocycles. The maximum atomic E-state index is 13.5. The fourth-order valence-corrected chi connectivity index (χ4v) is 4.73. The predicted molar refractivity (Wildman–Crippen MR) is 138 cm³/mol. The summed E-state index contributed by atoms with van der Waals surface area (Å²) in [5, 5.41) is -0.0701. The molecule has 1 amide bonds. The van der Waals surface area contributed by atoms with E-state index < -0.39 is 35.8 Å². The summed E-state index contributed by atoms with van der Waals surface area (Å²) < 4.78 is 72.1. The first-order valence-corrected chi connectivity index (χ1v) is 13.4. The highest BCUT2D eigenvalue weighted by Crippen LogP contribution is 2.26. The molecule has 11 nitrogen and oxygen atoms in total. The number of carbonyl (C=O) groups excluding carboxylic acids is 2. The number of likely N-dealkylation sites (N-methyl/N-ethyl adjacent to an activating group) is 1. The van der Waals surface area contributed by atoms with Crippen LogP contribution in [0.3, 0.4) is 0 Å². The number of nitrogens with zero attached hydrogens (tertiary/aromatic N) is 4. The topological polar surface area (TPSA) is 122 Å². The first kappa shape index (κ1) is 30.8. The highest BCUT2D eigenvalue weighted by atomic mass is 32.2. The Morgan fingerprint density at radius 3 is 2.55 bits per heavy atom. The second-order valence-electron chi connectivity index (χ2n) is 8.49. The average Bonchev–Trinajstić information content (AvgIpc) is 3.30. The molecular weight excluding hydrogens is 557 g/mol. The molecule has 0 fully saturated rings. The number of ether oxygens (including phenoxy) is 4. The first-order chi connectivity index (χ1) is 19.0. The third-order valence-corrected chi connectivity index (χ3v) is 6.75. The number of imidazole rings is 1. The van der Waals surface area contributed by atoms with Crippen LogP contribution in [0.5, 0.6) is 5.75 Å². The van der Waals surface area contributed by atoms with Crippen molar-refractivity contribution in [1.82, 2.24) is 19.4 Å². The van der Waals surface area contributed by atoms with Crippen molar-refractivity contribution in [2.45, 2.75) is 30.4 Å². The van der Waals surface area contributed by atoms with Gasteiger partial charge in [0, 0.05) is 38.9 Å². The van der Waals surface area contributed by atoms with Crippen LogP contribution in [-0.2, 0) is 30.8 Å². The van der Waals surface area contributed by atoms with E-state index in [9.17, 15) is 27.0 Å². The van der Waals surface area contributed by atoms with Crippen molar-refractivity contribution in [3.8, 4) is 5.75 Å². The summed E-state index contributed by atoms with van der Waals surface area (Å²) >= 11 is 0. The van der Waals surface area contributed by atoms with E-state index in [0.717, 1.165) is 0 Å². The number of fused-ring (bicyclic) bond motifs is 1. The predicted octanol–water partition coefficient (Wildman–Crippen LogP) is 4.08. The number of alkyl halides is 3. The minimum absolute atomic E-state index is 0.00381. The van der Waals surface area contributed by atoms with Crippen molar-refractivity contribution in [2.24, 2.45) is 0 Å². The quantitative estimate of drug-likeness (QED) is 0.228. The zero-order valence-corrected chi connectivity index (χ0v) is 22.9. The number of halogens is 3. The molecule has 1 atom stereocenters. The van der Waals surface area contributed by atoms with Crippen molar-refractivity contribution in [1.29, 1.82) is 0 Å². The maximum absolute atomic E-state index is 13.5. The van der Waals surface area contributed by atoms with Gasteiger partial charge in [0.05, 0.1) is 46.4 Å². The van der Waals surface area contributed by atoms with Gasteiger partial charge in [-0.2, -0.15) is 13.2 Å². The average molecular weight is 587 g/mol. The second kappa shape index (κ2) is 14.1. The molecule has 0 saturated heterocycles. The lowest BCUT2D eigenvalue weighted by molar-refractivity contribution is -0.153. The Hall–Kier alpha value is -3.72. The van der Waals surface area contributed by atoms with E-state index in [1.165, 1.54) is 42.8 Å². The van der Waals surface area contributed by atoms with E-state index in [2.05, 4.69) is 9.97 Å². The van der Waals surface area contributed by atoms with Crippen LogP contribution < -0.4 is 4.74 Å². The number of para-hydroxylation sites is 2. The molecule has 0 N–H and O–H groups in total. The highest BCUT2D eigenvalue weighted by molar-refractivity contribution is 7.84. The molecule has 0 aliphatic carbocycles. The zero-order chi connectivity index (χ0) is 29.3. The summed E-state index contributed by atoms with van der Waals surface area (Å²) in [6, 6.07) is 7.39. The van der Waals surface area contributed by atoms with E-state index in [1.54, 1.807) is 24.3 Å². The van der Waals surface area contributed by atoms with E-state index in [1.807, 2.05) is 0 Å². The van der Waals surface area contributed by atoms with E-state index in [-0.39, 0.29) is 47.7 Å². The number of methoxy groups -OCH3 is 1. The fourth-order valence-electron chi connectivity index (χ4n) is 3.48. The van der Waals surface area contributed by atoms with Gasteiger partial charge in [-0.3, -0.25) is 9.19 Å². The molecule has 0 spiro atoms. The fraction of sp³-hybridized carbons (Fsp3) is 0.440. The van der Waals surface area contributed by atoms with Crippen LogP contribution in [0.1, 0.15) is 17.7 Å². The molecule has 0 unspecified atom stereocenters. The smallest absolute Gasteiger partial charge is 0.484 e. The third kappa shape index (κ3) is 8.39. The summed E-state index contributed by atoms with van der Waals surface area (Å²) in [6.45, 7) is 0.444. The zero-order valence-electron chi connectivity index (χ0n) is 22.1. The molecule has 218 valence electrons. The monoisotopic (exact) mass is 586 g/mol. The van der Waals surface area contributed by atoms with Crippen LogP contribution in [0.25, 0.3) is 11.0 Å². The largest absolute Gasteiger partial charge is 0.508 e. The Morgan fingerprint density at radius 1 is 1.10 bits per heavy atom. The number of carbonyl (C=O) groups is 2. The molecule has 15 heteroatoms. The standard InChI is InChI=1S/C25H29F3N4O7S/c1-17-19(29-10-9-21(17)39-16-25(26,27)28)15-40(35)22-30-18-7-4-5-8-20(18)32(22)23(33)31(2)11-14-38-24(34)37-13-6-12-36-3/h4-5,7-10H,6,11-16H2,1-3H3/t40-/m0/s1. The van der Waals surface area contributed by atoms with Gasteiger partial charge in [-0.15, -0.1) is 0 Å². The highest BCUT2D eigenvalue weighted by Gasteiger charge is 2.29. The lowest BCUT2D eigenvalue weighted by atomic mass is 10.2. The van der Waals surface area contributed by atoms with Gasteiger partial charge in [0.15, 0.2) is 6.61 Å². The van der Waals surface area contributed by atoms with Crippen molar-refractivity contribution in [3.05, 3.63) is 47.8 Å². The Bertz CT molecular complexity index is 1350. The van der Waals surface area contributed by atoms with Crippen LogP contribution in [0, 0.1) is 6.92 Å². The number of hydrogen-bond acceptors (Lipinski definition) is 9. The minimum atomic E-state index is -4.52. The Balaban J connectivity index is 1.75. The molecular formula is C25H29F3N4O7S. The van der Waals surface area contributed by atoms with Crippen LogP contribution in [0.2, 0.25) is 0 Å². The number of hydrogen-bond donors (Lipinski definition) is 0. The Labute approximate surface area is 230 Å². The van der Waals surface area contributed by atoms with Gasteiger partial charge in [-0.1, -0.05) is 12.1 Å². The normalized spacial score (nSPS) is 12.2. The number of rotatable bonds is 12. The molecule has 3 rings (SSSR count). The van der Waals surface area contributed by atoms with Crippen LogP contribution in [-0.4, -0.2) is 89.1 Å². The molecule has 0 aliphatic rings. The first-order valence-electron chi connectivity index (χ1n) is 12.1. The van der Waals surface area contributed by atoms with Crippen molar-refractivity contribution in [3.63, 3.8) is 0 Å². The summed E-state index contributed by atoms with van der Waals surface area (Å²) in [5.41, 5.74) is 1.33. The lowest BCUT2D eigenvalue weighted by Gasteiger charge is -2.19. The van der Waals surface area contributed by atoms with Gasteiger partial charge in [0.1, 0.15) is 12.4 Å². The van der Waals surface area contributed by atoms with E-state index in [4.69, 9.17) is 18.9 Å². The molecule has 40 heavy (non-hydrogen) atoms. The lowest BCUT2D eigenvalue weighted by Crippen LogP contribution is -2.35. The Morgan fingerprint density at radius 2 is 1.82 bits per heavy atom. The number of aromatic nitrogens is 3. The Kier molecular flexibility index (Phi) is 10.8. The van der Waals surface area contributed by atoms with Crippen LogP contribution in [0.15, 0.2) is 41.7 Å². The summed E-state index contributed by atoms with van der Waals surface area (Å²) in [4.78, 5) is 34.9. The molecule has 0 bridgehead atoms. The molecule has 0 aliphatic heterocycles. The molecule has 3 aromatic rings. The molecule has 1 aromatic carbocycles. The van der Waals surface area contributed by atoms with Gasteiger partial charge < -0.3 is 23.8 Å². The van der Waals surface area contributed by atoms with Gasteiger partial charge >= 0.3 is 18.4 Å². The molecule has 2 heterocycles. The number of benzene rings is 1. The van der Waals surface area contributed by atoms with Crippen LogP contribution >= 0.6 is 0 Å². The number of pyridine rings is 1. The van der Waals surface area contributed by atoms with Crippen molar-refractivity contribution >= 4 is 34.0 Å². The number of amides is 1. The van der Waals surface area contributed by atoms with Crippen LogP contribution in [0.4, 0.5) is 22.8 Å².